The quantitative estimate of drug-likeness (QED) is 0.138. The number of aryl methyl sites for hydroxylation is 8. The number of hydrogen-bond donors (Lipinski definition) is 0. The molecule has 0 N–H and O–H groups in total. The predicted octanol–water partition coefficient (Wildman–Crippen LogP) is 12.2. The van der Waals surface area contributed by atoms with Crippen LogP contribution in [-0.4, -0.2) is 117 Å². The zero-order chi connectivity index (χ0) is 66.9. The van der Waals surface area contributed by atoms with E-state index in [9.17, 15) is 38.4 Å². The summed E-state index contributed by atoms with van der Waals surface area (Å²) >= 11 is 3.61. The molecule has 12 aliphatic rings. The Kier molecular flexibility index (Phi) is 25.8. The van der Waals surface area contributed by atoms with E-state index in [0.29, 0.717) is 64.6 Å². The number of hydrogen-bond acceptors (Lipinski definition) is 16. The summed E-state index contributed by atoms with van der Waals surface area (Å²) in [5.41, 5.74) is 10.5. The molecule has 4 saturated heterocycles. The van der Waals surface area contributed by atoms with Crippen LogP contribution in [0.5, 0.6) is 0 Å². The largest absolute Gasteiger partial charge is 0.364 e. The molecule has 0 aromatic heterocycles. The topological polar surface area (TPSA) is 192 Å². The first-order chi connectivity index (χ1) is 44.5. The Labute approximate surface area is 687 Å². The summed E-state index contributed by atoms with van der Waals surface area (Å²) in [7, 11) is 0. The first-order valence-corrected chi connectivity index (χ1v) is 35.9. The van der Waals surface area contributed by atoms with Crippen LogP contribution in [0.2, 0.25) is 0 Å². The van der Waals surface area contributed by atoms with Gasteiger partial charge in [-0.05, 0) is 103 Å². The zero-order valence-electron chi connectivity index (χ0n) is 58.7. The van der Waals surface area contributed by atoms with Gasteiger partial charge in [-0.15, -0.1) is 45.8 Å². The summed E-state index contributed by atoms with van der Waals surface area (Å²) in [4.78, 5) is 104. The summed E-state index contributed by atoms with van der Waals surface area (Å²) in [6, 6.07) is 27.2. The maximum atomic E-state index is 13.1. The molecule has 8 atom stereocenters. The van der Waals surface area contributed by atoms with E-state index in [1.807, 2.05) is 132 Å². The monoisotopic (exact) mass is 1670 g/mol. The Balaban J connectivity index is 0.000000151. The number of fused-ring (bicyclic) bond motifs is 4. The van der Waals surface area contributed by atoms with Gasteiger partial charge in [0.05, 0.1) is 48.1 Å². The molecule has 0 bridgehead atoms. The fourth-order valence-corrected chi connectivity index (χ4v) is 21.7. The van der Waals surface area contributed by atoms with Crippen LogP contribution in [0.15, 0.2) is 48.5 Å². The van der Waals surface area contributed by atoms with Crippen LogP contribution in [0, 0.1) is 127 Å². The van der Waals surface area contributed by atoms with Crippen LogP contribution in [0.4, 0.5) is 0 Å². The molecule has 12 fully saturated rings. The third-order valence-corrected chi connectivity index (χ3v) is 25.9. The average molecular weight is 1670 g/mol. The first-order valence-electron chi connectivity index (χ1n) is 33.9. The first kappa shape index (κ1) is 81.2. The van der Waals surface area contributed by atoms with E-state index >= 15 is 0 Å². The third-order valence-electron chi connectivity index (χ3n) is 22.9. The smallest absolute Gasteiger partial charge is 0.163 e. The summed E-state index contributed by atoms with van der Waals surface area (Å²) in [5.74, 6) is -2.31. The Morgan fingerprint density at radius 2 is 0.531 bits per heavy atom. The second-order valence-electron chi connectivity index (χ2n) is 30.2. The SMILES string of the molecule is Cc1c[c-]cc(C)c1C1C(=O)C2CC3(CC2C1=O)OCCCS3.Cc1c[c-]cc(C)c1C1C(=O)C2CC3(CC2C1=O)OCCCS3.Cc1c[c-]cc(C)c1C1C(=O)C2CC3(COC(C)(C)O3)CC2C1=O.Cc1c[c-]cc(C)c1C1C(=O)C2CC3(COC(C)(C)O3)CC2C1=O.[Y].[Y].[Y].[Y]. The number of thioether (sulfide) groups is 2. The molecular weight excluding hydrogens is 1580 g/mol. The molecule has 16 rings (SSSR count). The summed E-state index contributed by atoms with van der Waals surface area (Å²) in [5, 5.41) is 0. The standard InChI is InChI=1S/2C20H23O4.2C19H21O3S.4Y/c2*1-11-6-5-7-12(2)15(11)16-17(21)13-8-20(9-14(13)18(16)22)10-23-19(3,4)24-20;2*1-11-5-3-6-12(2)15(11)16-17(20)13-9-19(10-14(13)18(16)21)22-7-4-8-23-19;;;;/h2*6-7,13-14,16H,8-10H2,1-4H3;2*5-6,13-14,16H,4,7-10H2,1-2H3;;;;/q4*-1;;;;. The molecule has 20 heteroatoms. The van der Waals surface area contributed by atoms with Crippen molar-refractivity contribution in [2.45, 2.75) is 204 Å². The van der Waals surface area contributed by atoms with Gasteiger partial charge in [-0.25, -0.2) is 0 Å². The van der Waals surface area contributed by atoms with Gasteiger partial charge in [-0.1, -0.05) is 55.4 Å². The van der Waals surface area contributed by atoms with Gasteiger partial charge in [0.15, 0.2) is 11.6 Å². The molecular formula is C78H88O14S2Y4-4. The van der Waals surface area contributed by atoms with E-state index in [1.165, 1.54) is 0 Å². The zero-order valence-corrected chi connectivity index (χ0v) is 71.7. The fraction of sp³-hybridized carbons (Fsp3) is 0.590. The van der Waals surface area contributed by atoms with Crippen molar-refractivity contribution in [3.05, 3.63) is 140 Å². The summed E-state index contributed by atoms with van der Waals surface area (Å²) in [6.07, 6.45) is 7.34. The van der Waals surface area contributed by atoms with Crippen molar-refractivity contribution in [3.63, 3.8) is 0 Å². The third kappa shape index (κ3) is 15.0. The average Bonchev–Trinajstić information content (AvgIpc) is 1.57. The minimum atomic E-state index is -0.632. The van der Waals surface area contributed by atoms with Crippen LogP contribution >= 0.6 is 23.5 Å². The number of ether oxygens (including phenoxy) is 6. The Morgan fingerprint density at radius 3 is 0.704 bits per heavy atom. The van der Waals surface area contributed by atoms with Crippen molar-refractivity contribution >= 4 is 69.8 Å². The van der Waals surface area contributed by atoms with Crippen molar-refractivity contribution in [1.29, 1.82) is 0 Å². The molecule has 4 heterocycles. The van der Waals surface area contributed by atoms with Crippen molar-refractivity contribution in [2.75, 3.05) is 37.9 Å². The molecule has 98 heavy (non-hydrogen) atoms. The van der Waals surface area contributed by atoms with E-state index in [4.69, 9.17) is 28.4 Å². The number of carbonyl (C=O) groups is 8. The van der Waals surface area contributed by atoms with Crippen molar-refractivity contribution < 1.29 is 198 Å². The van der Waals surface area contributed by atoms with E-state index < -0.39 is 46.4 Å². The van der Waals surface area contributed by atoms with E-state index in [1.54, 1.807) is 23.5 Å². The summed E-state index contributed by atoms with van der Waals surface area (Å²) in [6.45, 7) is 25.7. The second-order valence-corrected chi connectivity index (χ2v) is 33.1. The van der Waals surface area contributed by atoms with E-state index in [2.05, 4.69) is 24.3 Å². The molecule has 4 spiro atoms. The Hall–Kier alpha value is -0.884. The van der Waals surface area contributed by atoms with Gasteiger partial charge in [-0.3, -0.25) is 38.4 Å². The van der Waals surface area contributed by atoms with Crippen LogP contribution in [0.3, 0.4) is 0 Å². The molecule has 8 saturated carbocycles. The molecule has 512 valence electrons. The molecule has 8 aliphatic carbocycles. The predicted molar refractivity (Wildman–Crippen MR) is 354 cm³/mol. The molecule has 8 unspecified atom stereocenters. The van der Waals surface area contributed by atoms with Crippen molar-refractivity contribution in [3.8, 4) is 0 Å². The molecule has 4 aliphatic heterocycles. The number of rotatable bonds is 4. The maximum Gasteiger partial charge on any atom is 0.163 e. The van der Waals surface area contributed by atoms with Gasteiger partial charge < -0.3 is 28.4 Å². The van der Waals surface area contributed by atoms with Crippen molar-refractivity contribution in [1.82, 2.24) is 0 Å². The number of benzene rings is 4. The number of ketones is 8. The van der Waals surface area contributed by atoms with Gasteiger partial charge in [0.25, 0.3) is 0 Å². The van der Waals surface area contributed by atoms with Crippen LogP contribution in [0.25, 0.3) is 0 Å². The van der Waals surface area contributed by atoms with Gasteiger partial charge >= 0.3 is 0 Å². The summed E-state index contributed by atoms with van der Waals surface area (Å²) < 4.78 is 35.6. The van der Waals surface area contributed by atoms with E-state index in [0.717, 1.165) is 104 Å². The number of carbonyl (C=O) groups excluding carboxylic acids is 8. The maximum absolute atomic E-state index is 13.1. The van der Waals surface area contributed by atoms with Crippen LogP contribution < -0.4 is 0 Å². The Morgan fingerprint density at radius 1 is 0.327 bits per heavy atom. The van der Waals surface area contributed by atoms with Gasteiger partial charge in [-0.2, -0.15) is 117 Å². The van der Waals surface area contributed by atoms with Gasteiger partial charge in [0, 0.05) is 191 Å². The second kappa shape index (κ2) is 31.1. The van der Waals surface area contributed by atoms with Crippen LogP contribution in [-0.2, 0) is 198 Å². The van der Waals surface area contributed by atoms with Gasteiger partial charge in [0.2, 0.25) is 0 Å². The molecule has 4 aromatic rings. The molecule has 14 nitrogen and oxygen atoms in total. The van der Waals surface area contributed by atoms with Crippen molar-refractivity contribution in [2.24, 2.45) is 47.3 Å². The minimum absolute atomic E-state index is 0. The van der Waals surface area contributed by atoms with E-state index in [-0.39, 0.29) is 234 Å². The molecule has 0 amide bonds. The number of Topliss-reactive ketones (excluding diaryl/α,β-unsaturated/α-hetero) is 8. The molecule has 4 aromatic carbocycles. The Bertz CT molecular complexity index is 3390. The van der Waals surface area contributed by atoms with Crippen LogP contribution in [0.1, 0.15) is 182 Å². The molecule has 4 radical (unpaired) electrons. The fourth-order valence-electron chi connectivity index (χ4n) is 19.0. The normalized spacial score (nSPS) is 35.6. The van der Waals surface area contributed by atoms with Gasteiger partial charge in [0.1, 0.15) is 56.1 Å². The minimum Gasteiger partial charge on any atom is -0.364 e.